The number of nitrogens with one attached hydrogen (secondary N) is 1. The molecule has 1 amide bonds. The van der Waals surface area contributed by atoms with Crippen LogP contribution >= 0.6 is 0 Å². The quantitative estimate of drug-likeness (QED) is 0.589. The maximum atomic E-state index is 12.4. The van der Waals surface area contributed by atoms with Crippen LogP contribution in [0.4, 0.5) is 0 Å². The number of rotatable bonds is 5. The summed E-state index contributed by atoms with van der Waals surface area (Å²) in [7, 11) is 0. The molecule has 0 fully saturated rings. The maximum Gasteiger partial charge on any atom is 0.253 e. The molecule has 0 spiro atoms. The lowest BCUT2D eigenvalue weighted by Crippen LogP contribution is -2.25. The third kappa shape index (κ3) is 3.44. The van der Waals surface area contributed by atoms with Crippen LogP contribution in [0.1, 0.15) is 34.7 Å². The molecule has 2 heterocycles. The first-order chi connectivity index (χ1) is 13.2. The van der Waals surface area contributed by atoms with Crippen molar-refractivity contribution in [2.24, 2.45) is 0 Å². The fraction of sp³-hybridized carbons (Fsp3) is 0.136. The fourth-order valence-corrected chi connectivity index (χ4v) is 3.29. The Balaban J connectivity index is 1.67. The largest absolute Gasteiger partial charge is 0.345 e. The van der Waals surface area contributed by atoms with Crippen LogP contribution in [0.5, 0.6) is 0 Å². The second-order valence-corrected chi connectivity index (χ2v) is 6.40. The van der Waals surface area contributed by atoms with E-state index in [1.54, 1.807) is 24.5 Å². The molecule has 5 nitrogen and oxygen atoms in total. The highest BCUT2D eigenvalue weighted by molar-refractivity contribution is 5.93. The third-order valence-corrected chi connectivity index (χ3v) is 4.67. The lowest BCUT2D eigenvalue weighted by Gasteiger charge is -2.18. The van der Waals surface area contributed by atoms with Crippen LogP contribution in [0, 0.1) is 0 Å². The third-order valence-electron chi connectivity index (χ3n) is 4.67. The van der Waals surface area contributed by atoms with E-state index in [0.29, 0.717) is 12.1 Å². The predicted octanol–water partition coefficient (Wildman–Crippen LogP) is 3.97. The van der Waals surface area contributed by atoms with E-state index in [1.807, 2.05) is 36.4 Å². The average Bonchev–Trinajstić information content (AvgIpc) is 3.11. The summed E-state index contributed by atoms with van der Waals surface area (Å²) in [5.74, 6) is 0.666. The van der Waals surface area contributed by atoms with Gasteiger partial charge in [-0.25, -0.2) is 4.98 Å². The molecule has 0 aliphatic heterocycles. The summed E-state index contributed by atoms with van der Waals surface area (Å²) in [6.45, 7) is 2.50. The number of hydrogen-bond donors (Lipinski definition) is 1. The topological polar surface area (TPSA) is 59.8 Å². The number of carbonyl (C=O) groups is 1. The number of para-hydroxylation sites is 2. The fourth-order valence-electron chi connectivity index (χ4n) is 3.29. The summed E-state index contributed by atoms with van der Waals surface area (Å²) < 4.78 is 2.19. The van der Waals surface area contributed by atoms with Crippen LogP contribution < -0.4 is 5.32 Å². The first kappa shape index (κ1) is 17.0. The smallest absolute Gasteiger partial charge is 0.253 e. The zero-order valence-corrected chi connectivity index (χ0v) is 15.0. The highest BCUT2D eigenvalue weighted by Crippen LogP contribution is 2.26. The van der Waals surface area contributed by atoms with Gasteiger partial charge in [0.2, 0.25) is 0 Å². The summed E-state index contributed by atoms with van der Waals surface area (Å²) in [6.07, 6.45) is 3.21. The van der Waals surface area contributed by atoms with E-state index >= 15 is 0 Å². The Labute approximate surface area is 157 Å². The van der Waals surface area contributed by atoms with Crippen molar-refractivity contribution in [1.29, 1.82) is 0 Å². The Morgan fingerprint density at radius 1 is 1.04 bits per heavy atom. The second-order valence-electron chi connectivity index (χ2n) is 6.40. The van der Waals surface area contributed by atoms with Crippen LogP contribution in [0.15, 0.2) is 79.1 Å². The van der Waals surface area contributed by atoms with Crippen molar-refractivity contribution >= 4 is 16.9 Å². The van der Waals surface area contributed by atoms with Gasteiger partial charge in [-0.2, -0.15) is 0 Å². The molecule has 2 aromatic heterocycles. The normalized spacial score (nSPS) is 12.0. The molecule has 0 radical (unpaired) electrons. The van der Waals surface area contributed by atoms with E-state index in [1.165, 1.54) is 5.56 Å². The van der Waals surface area contributed by atoms with Gasteiger partial charge in [0.15, 0.2) is 0 Å². The molecular weight excluding hydrogens is 336 g/mol. The summed E-state index contributed by atoms with van der Waals surface area (Å²) >= 11 is 0. The van der Waals surface area contributed by atoms with Gasteiger partial charge in [0.25, 0.3) is 5.91 Å². The molecule has 0 saturated carbocycles. The Bertz CT molecular complexity index is 1060. The van der Waals surface area contributed by atoms with Crippen LogP contribution in [0.25, 0.3) is 11.0 Å². The molecule has 0 bridgehead atoms. The number of hydrogen-bond acceptors (Lipinski definition) is 3. The Morgan fingerprint density at radius 3 is 2.59 bits per heavy atom. The molecule has 0 aliphatic rings. The van der Waals surface area contributed by atoms with E-state index in [2.05, 4.69) is 40.0 Å². The molecule has 0 aliphatic carbocycles. The highest BCUT2D eigenvalue weighted by Gasteiger charge is 2.17. The summed E-state index contributed by atoms with van der Waals surface area (Å²) in [6, 6.07) is 21.9. The van der Waals surface area contributed by atoms with Crippen LogP contribution in [-0.4, -0.2) is 20.4 Å². The number of aromatic nitrogens is 3. The van der Waals surface area contributed by atoms with Crippen molar-refractivity contribution in [2.75, 3.05) is 0 Å². The second kappa shape index (κ2) is 7.41. The number of fused-ring (bicyclic) bond motifs is 1. The minimum atomic E-state index is -0.158. The minimum absolute atomic E-state index is 0.101. The molecule has 5 heteroatoms. The molecule has 134 valence electrons. The van der Waals surface area contributed by atoms with Gasteiger partial charge in [-0.1, -0.05) is 42.5 Å². The summed E-state index contributed by atoms with van der Waals surface area (Å²) in [5, 5.41) is 2.96. The van der Waals surface area contributed by atoms with Gasteiger partial charge >= 0.3 is 0 Å². The van der Waals surface area contributed by atoms with E-state index in [9.17, 15) is 4.79 Å². The van der Waals surface area contributed by atoms with Crippen molar-refractivity contribution in [2.45, 2.75) is 19.5 Å². The van der Waals surface area contributed by atoms with Gasteiger partial charge in [0, 0.05) is 12.4 Å². The van der Waals surface area contributed by atoms with Gasteiger partial charge < -0.3 is 9.88 Å². The van der Waals surface area contributed by atoms with E-state index < -0.39 is 0 Å². The maximum absolute atomic E-state index is 12.4. The van der Waals surface area contributed by atoms with Crippen LogP contribution in [0.2, 0.25) is 0 Å². The lowest BCUT2D eigenvalue weighted by atomic mass is 10.1. The predicted molar refractivity (Wildman–Crippen MR) is 105 cm³/mol. The van der Waals surface area contributed by atoms with E-state index in [-0.39, 0.29) is 11.9 Å². The molecule has 4 rings (SSSR count). The molecule has 1 atom stereocenters. The number of amides is 1. The van der Waals surface area contributed by atoms with Crippen molar-refractivity contribution in [3.63, 3.8) is 0 Å². The number of imidazole rings is 1. The van der Waals surface area contributed by atoms with Gasteiger partial charge in [-0.15, -0.1) is 0 Å². The Morgan fingerprint density at radius 2 is 1.81 bits per heavy atom. The van der Waals surface area contributed by atoms with E-state index in [0.717, 1.165) is 16.9 Å². The average molecular weight is 356 g/mol. The van der Waals surface area contributed by atoms with Crippen molar-refractivity contribution in [3.05, 3.63) is 96.1 Å². The molecule has 2 aromatic carbocycles. The number of nitrogens with zero attached hydrogens (tertiary/aromatic N) is 3. The van der Waals surface area contributed by atoms with Crippen molar-refractivity contribution in [3.8, 4) is 0 Å². The SMILES string of the molecule is CC(c1ccccc1)n1c(CNC(=O)c2cccnc2)nc2ccccc21. The Kier molecular flexibility index (Phi) is 4.66. The van der Waals surface area contributed by atoms with E-state index in [4.69, 9.17) is 4.98 Å². The molecular formula is C22H20N4O. The number of benzene rings is 2. The highest BCUT2D eigenvalue weighted by atomic mass is 16.1. The monoisotopic (exact) mass is 356 g/mol. The number of pyridine rings is 1. The molecule has 1 unspecified atom stereocenters. The van der Waals surface area contributed by atoms with Gasteiger partial charge in [0.05, 0.1) is 29.2 Å². The summed E-state index contributed by atoms with van der Waals surface area (Å²) in [4.78, 5) is 21.2. The standard InChI is InChI=1S/C22H20N4O/c1-16(17-8-3-2-4-9-17)26-20-12-6-5-11-19(20)25-21(26)15-24-22(27)18-10-7-13-23-14-18/h2-14,16H,15H2,1H3,(H,24,27). The molecule has 0 saturated heterocycles. The van der Waals surface area contributed by atoms with Gasteiger partial charge in [-0.05, 0) is 36.8 Å². The first-order valence-corrected chi connectivity index (χ1v) is 8.93. The zero-order valence-electron chi connectivity index (χ0n) is 15.0. The lowest BCUT2D eigenvalue weighted by molar-refractivity contribution is 0.0949. The minimum Gasteiger partial charge on any atom is -0.345 e. The van der Waals surface area contributed by atoms with Crippen molar-refractivity contribution < 1.29 is 4.79 Å². The first-order valence-electron chi connectivity index (χ1n) is 8.93. The van der Waals surface area contributed by atoms with Crippen molar-refractivity contribution in [1.82, 2.24) is 19.9 Å². The summed E-state index contributed by atoms with van der Waals surface area (Å²) in [5.41, 5.74) is 3.71. The van der Waals surface area contributed by atoms with Gasteiger partial charge in [0.1, 0.15) is 5.82 Å². The molecule has 27 heavy (non-hydrogen) atoms. The van der Waals surface area contributed by atoms with Crippen LogP contribution in [0.3, 0.4) is 0 Å². The van der Waals surface area contributed by atoms with Crippen LogP contribution in [-0.2, 0) is 6.54 Å². The Hall–Kier alpha value is -3.47. The van der Waals surface area contributed by atoms with Gasteiger partial charge in [-0.3, -0.25) is 9.78 Å². The number of carbonyl (C=O) groups excluding carboxylic acids is 1. The zero-order chi connectivity index (χ0) is 18.6. The molecule has 4 aromatic rings. The molecule has 1 N–H and O–H groups in total.